The summed E-state index contributed by atoms with van der Waals surface area (Å²) in [6, 6.07) is 0. The van der Waals surface area contributed by atoms with E-state index in [1.54, 1.807) is 6.92 Å². The number of hydrogen-bond acceptors (Lipinski definition) is 4. The largest absolute Gasteiger partial charge is 0.511 e. The topological polar surface area (TPSA) is 74.6 Å². The van der Waals surface area contributed by atoms with Crippen molar-refractivity contribution in [3.05, 3.63) is 11.3 Å². The number of rotatable bonds is 9. The zero-order valence-electron chi connectivity index (χ0n) is 18.8. The monoisotopic (exact) mass is 392 g/mol. The molecule has 0 heterocycles. The minimum atomic E-state index is -1.24. The van der Waals surface area contributed by atoms with E-state index in [1.807, 2.05) is 13.8 Å². The van der Waals surface area contributed by atoms with Crippen molar-refractivity contribution >= 4 is 11.6 Å². The number of ketones is 2. The highest BCUT2D eigenvalue weighted by Gasteiger charge is 2.58. The van der Waals surface area contributed by atoms with Crippen molar-refractivity contribution in [2.75, 3.05) is 0 Å². The van der Waals surface area contributed by atoms with E-state index in [4.69, 9.17) is 0 Å². The van der Waals surface area contributed by atoms with Gasteiger partial charge in [-0.15, -0.1) is 0 Å². The van der Waals surface area contributed by atoms with Crippen molar-refractivity contribution < 1.29 is 19.8 Å². The molecule has 0 spiro atoms. The fraction of sp³-hybridized carbons (Fsp3) is 0.833. The maximum absolute atomic E-state index is 13.4. The van der Waals surface area contributed by atoms with Crippen LogP contribution < -0.4 is 0 Å². The normalized spacial score (nSPS) is 31.8. The second-order valence-electron chi connectivity index (χ2n) is 10.3. The average molecular weight is 393 g/mol. The van der Waals surface area contributed by atoms with E-state index in [1.165, 1.54) is 0 Å². The summed E-state index contributed by atoms with van der Waals surface area (Å²) >= 11 is 0. The SMILES string of the molecule is CCC(CC)CC1C(=O)C(=C(O)C(C)CC)C(=O)C1C(C)(O)CC1CC1(C)C. The van der Waals surface area contributed by atoms with E-state index < -0.39 is 17.4 Å². The van der Waals surface area contributed by atoms with Gasteiger partial charge < -0.3 is 10.2 Å². The summed E-state index contributed by atoms with van der Waals surface area (Å²) in [6.07, 6.45) is 4.70. The molecule has 160 valence electrons. The van der Waals surface area contributed by atoms with Crippen LogP contribution in [0.2, 0.25) is 0 Å². The summed E-state index contributed by atoms with van der Waals surface area (Å²) in [5.41, 5.74) is -1.08. The second kappa shape index (κ2) is 8.30. The molecule has 4 heteroatoms. The number of carbonyl (C=O) groups is 2. The molecule has 2 aliphatic rings. The van der Waals surface area contributed by atoms with E-state index in [0.717, 1.165) is 19.3 Å². The molecule has 28 heavy (non-hydrogen) atoms. The van der Waals surface area contributed by atoms with Crippen molar-refractivity contribution in [3.8, 4) is 0 Å². The fourth-order valence-corrected chi connectivity index (χ4v) is 4.98. The Balaban J connectivity index is 2.43. The molecule has 2 rings (SSSR count). The van der Waals surface area contributed by atoms with Gasteiger partial charge in [0.05, 0.1) is 17.1 Å². The molecule has 5 atom stereocenters. The molecular formula is C24H40O4. The Morgan fingerprint density at radius 3 is 2.11 bits per heavy atom. The molecule has 0 bridgehead atoms. The van der Waals surface area contributed by atoms with Crippen LogP contribution in [0.5, 0.6) is 0 Å². The number of allylic oxidation sites excluding steroid dienone is 2. The molecule has 0 aromatic heterocycles. The third-order valence-corrected chi connectivity index (χ3v) is 7.64. The standard InChI is InChI=1S/C24H40O4/c1-8-14(4)20(25)18-21(26)17(11-15(9-2)10-3)19(22(18)27)24(7,28)13-16-12-23(16,5)6/h14-17,19,25,28H,8-13H2,1-7H3. The maximum atomic E-state index is 13.4. The van der Waals surface area contributed by atoms with E-state index in [2.05, 4.69) is 27.7 Å². The quantitative estimate of drug-likeness (QED) is 0.319. The van der Waals surface area contributed by atoms with Crippen LogP contribution in [0.25, 0.3) is 0 Å². The summed E-state index contributed by atoms with van der Waals surface area (Å²) < 4.78 is 0. The van der Waals surface area contributed by atoms with Crippen molar-refractivity contribution in [1.82, 2.24) is 0 Å². The zero-order valence-corrected chi connectivity index (χ0v) is 18.8. The van der Waals surface area contributed by atoms with Gasteiger partial charge in [0.15, 0.2) is 11.6 Å². The summed E-state index contributed by atoms with van der Waals surface area (Å²) in [7, 11) is 0. The third kappa shape index (κ3) is 4.37. The van der Waals surface area contributed by atoms with Crippen LogP contribution in [0.1, 0.15) is 87.0 Å². The maximum Gasteiger partial charge on any atom is 0.176 e. The average Bonchev–Trinajstić information content (AvgIpc) is 3.11. The Kier molecular flexibility index (Phi) is 6.85. The highest BCUT2D eigenvalue weighted by Crippen LogP contribution is 2.57. The van der Waals surface area contributed by atoms with Gasteiger partial charge in [0.25, 0.3) is 0 Å². The van der Waals surface area contributed by atoms with Gasteiger partial charge in [-0.25, -0.2) is 0 Å². The fourth-order valence-electron chi connectivity index (χ4n) is 4.98. The molecule has 2 fully saturated rings. The molecule has 0 aliphatic heterocycles. The van der Waals surface area contributed by atoms with E-state index in [9.17, 15) is 19.8 Å². The number of aliphatic hydroxyl groups excluding tert-OH is 1. The first kappa shape index (κ1) is 23.1. The lowest BCUT2D eigenvalue weighted by atomic mass is 9.73. The van der Waals surface area contributed by atoms with E-state index in [-0.39, 0.29) is 34.2 Å². The molecule has 0 aromatic carbocycles. The summed E-state index contributed by atoms with van der Waals surface area (Å²) in [6.45, 7) is 14.0. The number of hydrogen-bond donors (Lipinski definition) is 2. The van der Waals surface area contributed by atoms with E-state index in [0.29, 0.717) is 31.1 Å². The van der Waals surface area contributed by atoms with Gasteiger partial charge >= 0.3 is 0 Å². The lowest BCUT2D eigenvalue weighted by Crippen LogP contribution is -2.42. The Labute approximate surface area is 170 Å². The van der Waals surface area contributed by atoms with E-state index >= 15 is 0 Å². The minimum Gasteiger partial charge on any atom is -0.511 e. The summed E-state index contributed by atoms with van der Waals surface area (Å²) in [4.78, 5) is 26.6. The molecule has 0 amide bonds. The second-order valence-corrected chi connectivity index (χ2v) is 10.3. The van der Waals surface area contributed by atoms with Crippen molar-refractivity contribution in [3.63, 3.8) is 0 Å². The molecule has 5 unspecified atom stereocenters. The Bertz CT molecular complexity index is 639. The smallest absolute Gasteiger partial charge is 0.176 e. The van der Waals surface area contributed by atoms with Crippen LogP contribution in [-0.2, 0) is 9.59 Å². The third-order valence-electron chi connectivity index (χ3n) is 7.64. The molecule has 0 radical (unpaired) electrons. The van der Waals surface area contributed by atoms with Gasteiger partial charge in [0.2, 0.25) is 0 Å². The first-order chi connectivity index (χ1) is 12.9. The van der Waals surface area contributed by atoms with Crippen molar-refractivity contribution in [1.29, 1.82) is 0 Å². The van der Waals surface area contributed by atoms with Gasteiger partial charge in [-0.05, 0) is 49.9 Å². The Hall–Kier alpha value is -1.16. The predicted molar refractivity (Wildman–Crippen MR) is 112 cm³/mol. The van der Waals surface area contributed by atoms with Gasteiger partial charge in [0.1, 0.15) is 5.76 Å². The lowest BCUT2D eigenvalue weighted by molar-refractivity contribution is -0.132. The Morgan fingerprint density at radius 2 is 1.68 bits per heavy atom. The number of carbonyl (C=O) groups excluding carboxylic acids is 2. The molecular weight excluding hydrogens is 352 g/mol. The van der Waals surface area contributed by atoms with Gasteiger partial charge in [-0.2, -0.15) is 0 Å². The number of aliphatic hydroxyl groups is 2. The highest BCUT2D eigenvalue weighted by atomic mass is 16.3. The number of Topliss-reactive ketones (excluding diaryl/α,β-unsaturated/α-hetero) is 2. The van der Waals surface area contributed by atoms with Gasteiger partial charge in [-0.3, -0.25) is 9.59 Å². The molecule has 2 saturated carbocycles. The molecule has 0 aromatic rings. The molecule has 0 saturated heterocycles. The van der Waals surface area contributed by atoms with Crippen LogP contribution in [0.3, 0.4) is 0 Å². The van der Waals surface area contributed by atoms with Crippen LogP contribution in [0.15, 0.2) is 11.3 Å². The summed E-state index contributed by atoms with van der Waals surface area (Å²) in [5, 5.41) is 22.0. The zero-order chi connectivity index (χ0) is 21.4. The summed E-state index contributed by atoms with van der Waals surface area (Å²) in [5.74, 6) is -1.50. The van der Waals surface area contributed by atoms with Gasteiger partial charge in [-0.1, -0.05) is 54.4 Å². The molecule has 2 aliphatic carbocycles. The van der Waals surface area contributed by atoms with Crippen LogP contribution in [0.4, 0.5) is 0 Å². The van der Waals surface area contributed by atoms with Crippen LogP contribution in [-0.4, -0.2) is 27.4 Å². The minimum absolute atomic E-state index is 0.0364. The van der Waals surface area contributed by atoms with Crippen LogP contribution in [0, 0.1) is 35.0 Å². The predicted octanol–water partition coefficient (Wildman–Crippen LogP) is 5.24. The lowest BCUT2D eigenvalue weighted by Gasteiger charge is -2.34. The Morgan fingerprint density at radius 1 is 1.14 bits per heavy atom. The van der Waals surface area contributed by atoms with Gasteiger partial charge in [0, 0.05) is 11.8 Å². The molecule has 2 N–H and O–H groups in total. The highest BCUT2D eigenvalue weighted by molar-refractivity contribution is 6.28. The van der Waals surface area contributed by atoms with Crippen molar-refractivity contribution in [2.24, 2.45) is 35.0 Å². The van der Waals surface area contributed by atoms with Crippen molar-refractivity contribution in [2.45, 2.75) is 92.6 Å². The first-order valence-corrected chi connectivity index (χ1v) is 11.1. The molecule has 4 nitrogen and oxygen atoms in total. The van der Waals surface area contributed by atoms with Crippen LogP contribution >= 0.6 is 0 Å². The first-order valence-electron chi connectivity index (χ1n) is 11.1.